The lowest BCUT2D eigenvalue weighted by Crippen LogP contribution is -1.64. The van der Waals surface area contributed by atoms with Crippen molar-refractivity contribution in [2.75, 3.05) is 0 Å². The third kappa shape index (κ3) is 1.28. The van der Waals surface area contributed by atoms with E-state index in [0.29, 0.717) is 5.88 Å². The number of hydrogen-bond donors (Lipinski definition) is 0. The molecule has 0 fully saturated rings. The minimum absolute atomic E-state index is 0.467. The van der Waals surface area contributed by atoms with Gasteiger partial charge in [0, 0.05) is 0 Å². The molecule has 0 saturated heterocycles. The zero-order valence-electron chi connectivity index (χ0n) is 5.57. The van der Waals surface area contributed by atoms with Gasteiger partial charge in [-0.1, -0.05) is 0 Å². The number of rotatable bonds is 1. The Balaban J connectivity index is 2.98. The highest BCUT2D eigenvalue weighted by Gasteiger charge is 1.99. The highest BCUT2D eigenvalue weighted by molar-refractivity contribution is 6.16. The molecule has 0 bridgehead atoms. The Morgan fingerprint density at radius 3 is 2.44 bits per heavy atom. The van der Waals surface area contributed by atoms with Gasteiger partial charge < -0.3 is 4.42 Å². The van der Waals surface area contributed by atoms with Crippen LogP contribution < -0.4 is 0 Å². The summed E-state index contributed by atoms with van der Waals surface area (Å²) in [6, 6.07) is 1.96. The maximum atomic E-state index is 5.52. The molecule has 2 heteroatoms. The molecule has 1 rings (SSSR count). The van der Waals surface area contributed by atoms with Crippen molar-refractivity contribution in [2.24, 2.45) is 0 Å². The van der Waals surface area contributed by atoms with Crippen LogP contribution >= 0.6 is 11.6 Å². The van der Waals surface area contributed by atoms with E-state index < -0.39 is 0 Å². The average Bonchev–Trinajstić information content (AvgIpc) is 2.13. The lowest BCUT2D eigenvalue weighted by Gasteiger charge is -1.82. The first-order valence-corrected chi connectivity index (χ1v) is 3.39. The van der Waals surface area contributed by atoms with E-state index in [1.165, 1.54) is 5.56 Å². The van der Waals surface area contributed by atoms with Crippen molar-refractivity contribution in [3.8, 4) is 0 Å². The van der Waals surface area contributed by atoms with Crippen molar-refractivity contribution >= 4 is 11.6 Å². The standard InChI is InChI=1S/C7H9ClO/c1-5-3-7(4-8)9-6(5)2/h3H,4H2,1-2H3. The van der Waals surface area contributed by atoms with Crippen LogP contribution in [0.5, 0.6) is 0 Å². The van der Waals surface area contributed by atoms with Gasteiger partial charge in [0.25, 0.3) is 0 Å². The highest BCUT2D eigenvalue weighted by atomic mass is 35.5. The topological polar surface area (TPSA) is 13.1 Å². The summed E-state index contributed by atoms with van der Waals surface area (Å²) in [4.78, 5) is 0. The van der Waals surface area contributed by atoms with E-state index >= 15 is 0 Å². The summed E-state index contributed by atoms with van der Waals surface area (Å²) in [6.45, 7) is 3.94. The van der Waals surface area contributed by atoms with Gasteiger partial charge in [-0.2, -0.15) is 0 Å². The van der Waals surface area contributed by atoms with Crippen LogP contribution in [-0.2, 0) is 5.88 Å². The third-order valence-electron chi connectivity index (χ3n) is 1.35. The molecule has 1 aromatic rings. The monoisotopic (exact) mass is 144 g/mol. The van der Waals surface area contributed by atoms with Crippen LogP contribution in [0.3, 0.4) is 0 Å². The molecule has 0 radical (unpaired) electrons. The van der Waals surface area contributed by atoms with Gasteiger partial charge in [-0.3, -0.25) is 0 Å². The van der Waals surface area contributed by atoms with Crippen LogP contribution in [0.2, 0.25) is 0 Å². The maximum absolute atomic E-state index is 5.52. The first kappa shape index (κ1) is 6.69. The van der Waals surface area contributed by atoms with E-state index in [4.69, 9.17) is 16.0 Å². The van der Waals surface area contributed by atoms with Crippen molar-refractivity contribution < 1.29 is 4.42 Å². The van der Waals surface area contributed by atoms with Crippen LogP contribution in [0.4, 0.5) is 0 Å². The molecule has 1 heterocycles. The number of aryl methyl sites for hydroxylation is 2. The molecule has 0 aliphatic heterocycles. The molecule has 0 atom stereocenters. The van der Waals surface area contributed by atoms with Gasteiger partial charge in [0.2, 0.25) is 0 Å². The fourth-order valence-corrected chi connectivity index (χ4v) is 0.847. The summed E-state index contributed by atoms with van der Waals surface area (Å²) in [7, 11) is 0. The summed E-state index contributed by atoms with van der Waals surface area (Å²) in [5, 5.41) is 0. The van der Waals surface area contributed by atoms with Crippen LogP contribution in [0, 0.1) is 13.8 Å². The molecular formula is C7H9ClO. The first-order valence-electron chi connectivity index (χ1n) is 2.86. The number of furan rings is 1. The largest absolute Gasteiger partial charge is 0.465 e. The van der Waals surface area contributed by atoms with E-state index in [9.17, 15) is 0 Å². The van der Waals surface area contributed by atoms with Gasteiger partial charge in [0.15, 0.2) is 0 Å². The minimum Gasteiger partial charge on any atom is -0.465 e. The number of halogens is 1. The second kappa shape index (κ2) is 2.44. The molecule has 1 nitrogen and oxygen atoms in total. The van der Waals surface area contributed by atoms with E-state index in [0.717, 1.165) is 11.5 Å². The van der Waals surface area contributed by atoms with Crippen LogP contribution in [0.25, 0.3) is 0 Å². The van der Waals surface area contributed by atoms with Gasteiger partial charge in [-0.05, 0) is 25.5 Å². The summed E-state index contributed by atoms with van der Waals surface area (Å²) in [5.74, 6) is 2.28. The predicted molar refractivity (Wildman–Crippen MR) is 37.7 cm³/mol. The Morgan fingerprint density at radius 2 is 2.22 bits per heavy atom. The molecule has 9 heavy (non-hydrogen) atoms. The zero-order chi connectivity index (χ0) is 6.85. The van der Waals surface area contributed by atoms with Crippen molar-refractivity contribution in [3.63, 3.8) is 0 Å². The molecule has 1 aromatic heterocycles. The molecular weight excluding hydrogens is 136 g/mol. The lowest BCUT2D eigenvalue weighted by molar-refractivity contribution is 0.498. The Morgan fingerprint density at radius 1 is 1.56 bits per heavy atom. The molecule has 0 unspecified atom stereocenters. The van der Waals surface area contributed by atoms with Crippen molar-refractivity contribution in [2.45, 2.75) is 19.7 Å². The quantitative estimate of drug-likeness (QED) is 0.553. The molecule has 0 aromatic carbocycles. The SMILES string of the molecule is Cc1cc(CCl)oc1C. The molecule has 50 valence electrons. The Bertz CT molecular complexity index is 183. The summed E-state index contributed by atoms with van der Waals surface area (Å²) in [6.07, 6.45) is 0. The van der Waals surface area contributed by atoms with E-state index in [1.807, 2.05) is 19.9 Å². The van der Waals surface area contributed by atoms with Gasteiger partial charge in [-0.25, -0.2) is 0 Å². The summed E-state index contributed by atoms with van der Waals surface area (Å²) >= 11 is 5.52. The van der Waals surface area contributed by atoms with Gasteiger partial charge >= 0.3 is 0 Å². The van der Waals surface area contributed by atoms with Crippen molar-refractivity contribution in [3.05, 3.63) is 23.2 Å². The molecule has 0 amide bonds. The highest BCUT2D eigenvalue weighted by Crippen LogP contribution is 2.14. The molecule has 0 aliphatic carbocycles. The summed E-state index contributed by atoms with van der Waals surface area (Å²) < 4.78 is 5.23. The average molecular weight is 145 g/mol. The predicted octanol–water partition coefficient (Wildman–Crippen LogP) is 2.64. The van der Waals surface area contributed by atoms with Gasteiger partial charge in [-0.15, -0.1) is 11.6 Å². The Kier molecular flexibility index (Phi) is 1.81. The smallest absolute Gasteiger partial charge is 0.119 e. The maximum Gasteiger partial charge on any atom is 0.119 e. The van der Waals surface area contributed by atoms with Crippen LogP contribution in [-0.4, -0.2) is 0 Å². The fraction of sp³-hybridized carbons (Fsp3) is 0.429. The summed E-state index contributed by atoms with van der Waals surface area (Å²) in [5.41, 5.74) is 1.17. The first-order chi connectivity index (χ1) is 4.24. The molecule has 0 aliphatic rings. The third-order valence-corrected chi connectivity index (χ3v) is 1.61. The Hall–Kier alpha value is -0.430. The second-order valence-corrected chi connectivity index (χ2v) is 2.35. The molecule has 0 N–H and O–H groups in total. The minimum atomic E-state index is 0.467. The van der Waals surface area contributed by atoms with E-state index in [-0.39, 0.29) is 0 Å². The normalized spacial score (nSPS) is 10.1. The molecule has 0 spiro atoms. The second-order valence-electron chi connectivity index (χ2n) is 2.09. The molecule has 0 saturated carbocycles. The van der Waals surface area contributed by atoms with Crippen LogP contribution in [0.15, 0.2) is 10.5 Å². The van der Waals surface area contributed by atoms with Gasteiger partial charge in [0.1, 0.15) is 11.5 Å². The van der Waals surface area contributed by atoms with Gasteiger partial charge in [0.05, 0.1) is 5.88 Å². The zero-order valence-corrected chi connectivity index (χ0v) is 6.33. The van der Waals surface area contributed by atoms with Crippen molar-refractivity contribution in [1.29, 1.82) is 0 Å². The Labute approximate surface area is 59.6 Å². The number of alkyl halides is 1. The van der Waals surface area contributed by atoms with E-state index in [1.54, 1.807) is 0 Å². The fourth-order valence-electron chi connectivity index (χ4n) is 0.716. The van der Waals surface area contributed by atoms with Crippen molar-refractivity contribution in [1.82, 2.24) is 0 Å². The lowest BCUT2D eigenvalue weighted by atomic mass is 10.3. The van der Waals surface area contributed by atoms with Crippen LogP contribution in [0.1, 0.15) is 17.1 Å². The number of hydrogen-bond acceptors (Lipinski definition) is 1. The van der Waals surface area contributed by atoms with E-state index in [2.05, 4.69) is 0 Å².